The first-order valence-electron chi connectivity index (χ1n) is 6.53. The summed E-state index contributed by atoms with van der Waals surface area (Å²) < 4.78 is 0. The lowest BCUT2D eigenvalue weighted by molar-refractivity contribution is -0.140. The van der Waals surface area contributed by atoms with E-state index in [0.29, 0.717) is 6.04 Å². The Kier molecular flexibility index (Phi) is 5.40. The van der Waals surface area contributed by atoms with Gasteiger partial charge >= 0.3 is 0 Å². The molecule has 4 nitrogen and oxygen atoms in total. The average Bonchev–Trinajstić information content (AvgIpc) is 2.28. The van der Waals surface area contributed by atoms with Crippen molar-refractivity contribution in [2.45, 2.75) is 32.7 Å². The number of likely N-dealkylation sites (tertiary alicyclic amines) is 1. The lowest BCUT2D eigenvalue weighted by atomic mass is 9.94. The zero-order valence-corrected chi connectivity index (χ0v) is 11.5. The molecule has 0 aromatic heterocycles. The fourth-order valence-electron chi connectivity index (χ4n) is 2.47. The van der Waals surface area contributed by atoms with Gasteiger partial charge in [-0.3, -0.25) is 4.79 Å². The average molecular weight is 242 g/mol. The molecule has 0 aromatic rings. The molecule has 1 aliphatic rings. The van der Waals surface area contributed by atoms with Gasteiger partial charge in [0.05, 0.1) is 12.5 Å². The smallest absolute Gasteiger partial charge is 0.228 e. The van der Waals surface area contributed by atoms with Crippen molar-refractivity contribution in [1.82, 2.24) is 9.80 Å². The highest BCUT2D eigenvalue weighted by Crippen LogP contribution is 2.19. The van der Waals surface area contributed by atoms with Crippen LogP contribution in [0.5, 0.6) is 0 Å². The number of aliphatic hydroxyl groups is 1. The summed E-state index contributed by atoms with van der Waals surface area (Å²) in [4.78, 5) is 16.4. The SMILES string of the molecule is CC(C)C(CO)C(=O)N(C)C1CCCN(C)C1. The predicted molar refractivity (Wildman–Crippen MR) is 68.7 cm³/mol. The van der Waals surface area contributed by atoms with Crippen molar-refractivity contribution in [2.75, 3.05) is 33.8 Å². The molecule has 4 heteroatoms. The second-order valence-corrected chi connectivity index (χ2v) is 5.54. The molecule has 2 atom stereocenters. The summed E-state index contributed by atoms with van der Waals surface area (Å²) in [5, 5.41) is 9.31. The molecule has 2 unspecified atom stereocenters. The minimum Gasteiger partial charge on any atom is -0.396 e. The van der Waals surface area contributed by atoms with Crippen LogP contribution in [-0.4, -0.2) is 60.6 Å². The Morgan fingerprint density at radius 1 is 1.53 bits per heavy atom. The molecule has 1 saturated heterocycles. The van der Waals surface area contributed by atoms with Gasteiger partial charge in [-0.15, -0.1) is 0 Å². The van der Waals surface area contributed by atoms with E-state index in [2.05, 4.69) is 11.9 Å². The molecule has 1 rings (SSSR count). The molecule has 1 fully saturated rings. The van der Waals surface area contributed by atoms with E-state index in [4.69, 9.17) is 0 Å². The number of likely N-dealkylation sites (N-methyl/N-ethyl adjacent to an activating group) is 2. The van der Waals surface area contributed by atoms with Gasteiger partial charge in [-0.1, -0.05) is 13.8 Å². The molecular weight excluding hydrogens is 216 g/mol. The molecule has 100 valence electrons. The number of piperidine rings is 1. The molecule has 0 aromatic carbocycles. The highest BCUT2D eigenvalue weighted by atomic mass is 16.3. The van der Waals surface area contributed by atoms with Crippen LogP contribution in [0.3, 0.4) is 0 Å². The molecule has 17 heavy (non-hydrogen) atoms. The molecule has 1 aliphatic heterocycles. The fraction of sp³-hybridized carbons (Fsp3) is 0.923. The lowest BCUT2D eigenvalue weighted by Gasteiger charge is -2.37. The monoisotopic (exact) mass is 242 g/mol. The maximum Gasteiger partial charge on any atom is 0.228 e. The second-order valence-electron chi connectivity index (χ2n) is 5.54. The van der Waals surface area contributed by atoms with Crippen molar-refractivity contribution < 1.29 is 9.90 Å². The van der Waals surface area contributed by atoms with Gasteiger partial charge in [-0.2, -0.15) is 0 Å². The Balaban J connectivity index is 2.61. The van der Waals surface area contributed by atoms with Gasteiger partial charge in [0.25, 0.3) is 0 Å². The highest BCUT2D eigenvalue weighted by molar-refractivity contribution is 5.79. The van der Waals surface area contributed by atoms with E-state index < -0.39 is 0 Å². The number of nitrogens with zero attached hydrogens (tertiary/aromatic N) is 2. The number of aliphatic hydroxyl groups excluding tert-OH is 1. The van der Waals surface area contributed by atoms with Gasteiger partial charge in [0.15, 0.2) is 0 Å². The molecule has 1 heterocycles. The summed E-state index contributed by atoms with van der Waals surface area (Å²) in [6.45, 7) is 5.98. The summed E-state index contributed by atoms with van der Waals surface area (Å²) in [5.41, 5.74) is 0. The van der Waals surface area contributed by atoms with E-state index in [9.17, 15) is 9.90 Å². The molecule has 0 saturated carbocycles. The maximum absolute atomic E-state index is 12.3. The van der Waals surface area contributed by atoms with Gasteiger partial charge in [0.2, 0.25) is 5.91 Å². The molecular formula is C13H26N2O2. The normalized spacial score (nSPS) is 23.8. The minimum atomic E-state index is -0.257. The summed E-state index contributed by atoms with van der Waals surface area (Å²) in [5.74, 6) is 0.0197. The first-order chi connectivity index (χ1) is 7.97. The summed E-state index contributed by atoms with van der Waals surface area (Å²) in [7, 11) is 3.97. The Hall–Kier alpha value is -0.610. The number of amides is 1. The van der Waals surface area contributed by atoms with Gasteiger partial charge in [-0.05, 0) is 32.4 Å². The Morgan fingerprint density at radius 3 is 2.65 bits per heavy atom. The van der Waals surface area contributed by atoms with Crippen molar-refractivity contribution in [3.05, 3.63) is 0 Å². The maximum atomic E-state index is 12.3. The third-order valence-electron chi connectivity index (χ3n) is 3.81. The lowest BCUT2D eigenvalue weighted by Crippen LogP contribution is -2.50. The number of carbonyl (C=O) groups excluding carboxylic acids is 1. The van der Waals surface area contributed by atoms with Gasteiger partial charge < -0.3 is 14.9 Å². The Morgan fingerprint density at radius 2 is 2.18 bits per heavy atom. The van der Waals surface area contributed by atoms with E-state index in [1.165, 1.54) is 0 Å². The molecule has 0 radical (unpaired) electrons. The van der Waals surface area contributed by atoms with Crippen molar-refractivity contribution in [1.29, 1.82) is 0 Å². The van der Waals surface area contributed by atoms with Crippen LogP contribution in [0.15, 0.2) is 0 Å². The zero-order valence-electron chi connectivity index (χ0n) is 11.5. The van der Waals surface area contributed by atoms with Crippen molar-refractivity contribution in [3.8, 4) is 0 Å². The van der Waals surface area contributed by atoms with Crippen LogP contribution in [0.1, 0.15) is 26.7 Å². The van der Waals surface area contributed by atoms with E-state index in [1.54, 1.807) is 0 Å². The quantitative estimate of drug-likeness (QED) is 0.793. The minimum absolute atomic E-state index is 0.0522. The first kappa shape index (κ1) is 14.5. The third kappa shape index (κ3) is 3.68. The van der Waals surface area contributed by atoms with Gasteiger partial charge in [0.1, 0.15) is 0 Å². The number of rotatable bonds is 4. The molecule has 0 spiro atoms. The fourth-order valence-corrected chi connectivity index (χ4v) is 2.47. The van der Waals surface area contributed by atoms with Crippen LogP contribution in [0, 0.1) is 11.8 Å². The Bertz CT molecular complexity index is 256. The number of hydrogen-bond donors (Lipinski definition) is 1. The van der Waals surface area contributed by atoms with E-state index in [0.717, 1.165) is 25.9 Å². The van der Waals surface area contributed by atoms with Crippen LogP contribution in [0.25, 0.3) is 0 Å². The van der Waals surface area contributed by atoms with E-state index in [-0.39, 0.29) is 24.3 Å². The first-order valence-corrected chi connectivity index (χ1v) is 6.53. The van der Waals surface area contributed by atoms with Crippen molar-refractivity contribution in [2.24, 2.45) is 11.8 Å². The molecule has 0 bridgehead atoms. The zero-order chi connectivity index (χ0) is 13.0. The van der Waals surface area contributed by atoms with Crippen LogP contribution < -0.4 is 0 Å². The summed E-state index contributed by atoms with van der Waals surface area (Å²) in [6, 6.07) is 0.300. The van der Waals surface area contributed by atoms with Crippen LogP contribution in [-0.2, 0) is 4.79 Å². The standard InChI is InChI=1S/C13H26N2O2/c1-10(2)12(9-16)13(17)15(4)11-6-5-7-14(3)8-11/h10-12,16H,5-9H2,1-4H3. The van der Waals surface area contributed by atoms with Crippen molar-refractivity contribution in [3.63, 3.8) is 0 Å². The Labute approximate surface area is 105 Å². The van der Waals surface area contributed by atoms with Gasteiger partial charge in [0, 0.05) is 19.6 Å². The largest absolute Gasteiger partial charge is 0.396 e. The highest BCUT2D eigenvalue weighted by Gasteiger charge is 2.30. The third-order valence-corrected chi connectivity index (χ3v) is 3.81. The van der Waals surface area contributed by atoms with Crippen LogP contribution in [0.2, 0.25) is 0 Å². The summed E-state index contributed by atoms with van der Waals surface area (Å²) in [6.07, 6.45) is 2.22. The van der Waals surface area contributed by atoms with E-state index in [1.807, 2.05) is 25.8 Å². The van der Waals surface area contributed by atoms with Crippen molar-refractivity contribution >= 4 is 5.91 Å². The molecule has 1 amide bonds. The molecule has 1 N–H and O–H groups in total. The van der Waals surface area contributed by atoms with Crippen LogP contribution in [0.4, 0.5) is 0 Å². The number of hydrogen-bond acceptors (Lipinski definition) is 3. The predicted octanol–water partition coefficient (Wildman–Crippen LogP) is 0.803. The topological polar surface area (TPSA) is 43.8 Å². The van der Waals surface area contributed by atoms with E-state index >= 15 is 0 Å². The molecule has 0 aliphatic carbocycles. The summed E-state index contributed by atoms with van der Waals surface area (Å²) >= 11 is 0. The van der Waals surface area contributed by atoms with Gasteiger partial charge in [-0.25, -0.2) is 0 Å². The second kappa shape index (κ2) is 6.36. The number of carbonyl (C=O) groups is 1. The van der Waals surface area contributed by atoms with Crippen LogP contribution >= 0.6 is 0 Å².